The number of esters is 1. The second kappa shape index (κ2) is 5.93. The molecule has 0 saturated carbocycles. The highest BCUT2D eigenvalue weighted by Crippen LogP contribution is 2.36. The third-order valence-corrected chi connectivity index (χ3v) is 3.89. The van der Waals surface area contributed by atoms with E-state index in [0.717, 1.165) is 0 Å². The van der Waals surface area contributed by atoms with Crippen LogP contribution < -0.4 is 5.73 Å². The van der Waals surface area contributed by atoms with Gasteiger partial charge in [-0.15, -0.1) is 11.3 Å². The molecule has 0 aliphatic carbocycles. The highest BCUT2D eigenvalue weighted by molar-refractivity contribution is 9.10. The third kappa shape index (κ3) is 3.02. The van der Waals surface area contributed by atoms with Crippen molar-refractivity contribution in [1.82, 2.24) is 0 Å². The van der Waals surface area contributed by atoms with Gasteiger partial charge in [0, 0.05) is 21.0 Å². The molecule has 6 heteroatoms. The van der Waals surface area contributed by atoms with E-state index in [1.54, 1.807) is 31.4 Å². The minimum atomic E-state index is -0.531. The second-order valence-electron chi connectivity index (χ2n) is 4.47. The Hall–Kier alpha value is -1.40. The molecular weight excluding hydrogens is 345 g/mol. The van der Waals surface area contributed by atoms with E-state index >= 15 is 0 Å². The molecule has 0 saturated heterocycles. The number of hydrogen-bond donors (Lipinski definition) is 1. The van der Waals surface area contributed by atoms with Crippen LogP contribution in [0, 0.1) is 5.82 Å². The number of benzene rings is 1. The number of rotatable bonds is 3. The number of nitrogens with two attached hydrogens (primary N) is 1. The standard InChI is InChI=1S/C14H13BrFNO2S/c1-7(2)19-14(18)12-10(6-20-13(12)17)9-4-3-8(15)5-11(9)16/h3-7H,17H2,1-2H3. The molecular formula is C14H13BrFNO2S. The minimum absolute atomic E-state index is 0.227. The molecule has 0 fully saturated rings. The van der Waals surface area contributed by atoms with Gasteiger partial charge in [0.15, 0.2) is 0 Å². The largest absolute Gasteiger partial charge is 0.459 e. The molecule has 0 atom stereocenters. The zero-order chi connectivity index (χ0) is 14.9. The van der Waals surface area contributed by atoms with Crippen LogP contribution in [0.1, 0.15) is 24.2 Å². The van der Waals surface area contributed by atoms with E-state index in [1.807, 2.05) is 0 Å². The maximum Gasteiger partial charge on any atom is 0.342 e. The fourth-order valence-corrected chi connectivity index (χ4v) is 2.90. The van der Waals surface area contributed by atoms with Gasteiger partial charge < -0.3 is 10.5 Å². The summed E-state index contributed by atoms with van der Waals surface area (Å²) in [5.41, 5.74) is 6.84. The summed E-state index contributed by atoms with van der Waals surface area (Å²) in [5.74, 6) is -0.952. The number of thiophene rings is 1. The van der Waals surface area contributed by atoms with Crippen LogP contribution in [-0.4, -0.2) is 12.1 Å². The van der Waals surface area contributed by atoms with Crippen LogP contribution in [0.5, 0.6) is 0 Å². The smallest absolute Gasteiger partial charge is 0.342 e. The Morgan fingerprint density at radius 2 is 2.10 bits per heavy atom. The van der Waals surface area contributed by atoms with Crippen molar-refractivity contribution in [3.05, 3.63) is 39.4 Å². The molecule has 0 amide bonds. The molecule has 0 aliphatic heterocycles. The van der Waals surface area contributed by atoms with Crippen molar-refractivity contribution in [2.75, 3.05) is 5.73 Å². The average molecular weight is 358 g/mol. The third-order valence-electron chi connectivity index (χ3n) is 2.59. The van der Waals surface area contributed by atoms with Crippen LogP contribution in [0.15, 0.2) is 28.1 Å². The molecule has 1 aromatic carbocycles. The first-order valence-electron chi connectivity index (χ1n) is 5.93. The molecule has 2 rings (SSSR count). The van der Waals surface area contributed by atoms with Gasteiger partial charge in [-0.25, -0.2) is 9.18 Å². The maximum absolute atomic E-state index is 14.0. The van der Waals surface area contributed by atoms with Crippen LogP contribution in [0.3, 0.4) is 0 Å². The van der Waals surface area contributed by atoms with Crippen molar-refractivity contribution in [3.8, 4) is 11.1 Å². The summed E-state index contributed by atoms with van der Waals surface area (Å²) in [6.45, 7) is 3.50. The predicted octanol–water partition coefficient (Wildman–Crippen LogP) is 4.46. The first kappa shape index (κ1) is 15.0. The molecule has 0 bridgehead atoms. The van der Waals surface area contributed by atoms with Gasteiger partial charge in [0.25, 0.3) is 0 Å². The van der Waals surface area contributed by atoms with Gasteiger partial charge in [0.05, 0.1) is 6.10 Å². The molecule has 0 radical (unpaired) electrons. The second-order valence-corrected chi connectivity index (χ2v) is 6.29. The van der Waals surface area contributed by atoms with Crippen molar-refractivity contribution in [3.63, 3.8) is 0 Å². The number of nitrogen functional groups attached to an aromatic ring is 1. The van der Waals surface area contributed by atoms with Crippen LogP contribution in [0.25, 0.3) is 11.1 Å². The topological polar surface area (TPSA) is 52.3 Å². The van der Waals surface area contributed by atoms with E-state index < -0.39 is 11.8 Å². The first-order chi connectivity index (χ1) is 9.40. The van der Waals surface area contributed by atoms with Gasteiger partial charge in [-0.1, -0.05) is 22.0 Å². The lowest BCUT2D eigenvalue weighted by Gasteiger charge is -2.10. The number of carbonyl (C=O) groups is 1. The van der Waals surface area contributed by atoms with E-state index in [9.17, 15) is 9.18 Å². The van der Waals surface area contributed by atoms with Gasteiger partial charge in [0.1, 0.15) is 16.4 Å². The lowest BCUT2D eigenvalue weighted by molar-refractivity contribution is 0.0380. The highest BCUT2D eigenvalue weighted by Gasteiger charge is 2.22. The predicted molar refractivity (Wildman–Crippen MR) is 82.4 cm³/mol. The van der Waals surface area contributed by atoms with Crippen LogP contribution in [0.2, 0.25) is 0 Å². The summed E-state index contributed by atoms with van der Waals surface area (Å²) < 4.78 is 19.8. The molecule has 106 valence electrons. The fraction of sp³-hybridized carbons (Fsp3) is 0.214. The number of ether oxygens (including phenoxy) is 1. The molecule has 2 aromatic rings. The van der Waals surface area contributed by atoms with Gasteiger partial charge in [-0.05, 0) is 26.0 Å². The summed E-state index contributed by atoms with van der Waals surface area (Å²) in [4.78, 5) is 12.1. The normalized spacial score (nSPS) is 10.8. The van der Waals surface area contributed by atoms with Crippen molar-refractivity contribution in [2.24, 2.45) is 0 Å². The van der Waals surface area contributed by atoms with Crippen LogP contribution >= 0.6 is 27.3 Å². The van der Waals surface area contributed by atoms with Crippen molar-refractivity contribution >= 4 is 38.2 Å². The van der Waals surface area contributed by atoms with Gasteiger partial charge in [-0.3, -0.25) is 0 Å². The summed E-state index contributed by atoms with van der Waals surface area (Å²) in [7, 11) is 0. The van der Waals surface area contributed by atoms with E-state index in [4.69, 9.17) is 10.5 Å². The fourth-order valence-electron chi connectivity index (χ4n) is 1.76. The number of anilines is 1. The lowest BCUT2D eigenvalue weighted by atomic mass is 10.0. The van der Waals surface area contributed by atoms with Crippen LogP contribution in [-0.2, 0) is 4.74 Å². The number of carbonyl (C=O) groups excluding carboxylic acids is 1. The Bertz CT molecular complexity index is 655. The summed E-state index contributed by atoms with van der Waals surface area (Å²) in [6.07, 6.45) is -0.260. The van der Waals surface area contributed by atoms with E-state index in [0.29, 0.717) is 20.6 Å². The van der Waals surface area contributed by atoms with Crippen molar-refractivity contribution in [1.29, 1.82) is 0 Å². The van der Waals surface area contributed by atoms with Crippen LogP contribution in [0.4, 0.5) is 9.39 Å². The summed E-state index contributed by atoms with van der Waals surface area (Å²) in [6, 6.07) is 4.66. The Morgan fingerprint density at radius 1 is 1.40 bits per heavy atom. The molecule has 1 aromatic heterocycles. The Morgan fingerprint density at radius 3 is 2.70 bits per heavy atom. The molecule has 20 heavy (non-hydrogen) atoms. The Balaban J connectivity index is 2.50. The molecule has 0 aliphatic rings. The monoisotopic (exact) mass is 357 g/mol. The highest BCUT2D eigenvalue weighted by atomic mass is 79.9. The first-order valence-corrected chi connectivity index (χ1v) is 7.60. The molecule has 2 N–H and O–H groups in total. The number of hydrogen-bond acceptors (Lipinski definition) is 4. The van der Waals surface area contributed by atoms with Gasteiger partial charge in [0.2, 0.25) is 0 Å². The summed E-state index contributed by atoms with van der Waals surface area (Å²) in [5, 5.41) is 1.99. The van der Waals surface area contributed by atoms with E-state index in [1.165, 1.54) is 17.4 Å². The maximum atomic E-state index is 14.0. The minimum Gasteiger partial charge on any atom is -0.459 e. The van der Waals surface area contributed by atoms with E-state index in [2.05, 4.69) is 15.9 Å². The average Bonchev–Trinajstić information content (AvgIpc) is 2.70. The van der Waals surface area contributed by atoms with Crippen molar-refractivity contribution in [2.45, 2.75) is 20.0 Å². The number of halogens is 2. The SMILES string of the molecule is CC(C)OC(=O)c1c(-c2ccc(Br)cc2F)csc1N. The lowest BCUT2D eigenvalue weighted by Crippen LogP contribution is -2.13. The quantitative estimate of drug-likeness (QED) is 0.824. The Labute approximate surface area is 128 Å². The Kier molecular flexibility index (Phi) is 4.45. The van der Waals surface area contributed by atoms with E-state index in [-0.39, 0.29) is 11.7 Å². The zero-order valence-corrected chi connectivity index (χ0v) is 13.3. The van der Waals surface area contributed by atoms with Crippen molar-refractivity contribution < 1.29 is 13.9 Å². The van der Waals surface area contributed by atoms with Gasteiger partial charge >= 0.3 is 5.97 Å². The molecule has 1 heterocycles. The molecule has 0 spiro atoms. The van der Waals surface area contributed by atoms with Gasteiger partial charge in [-0.2, -0.15) is 0 Å². The summed E-state index contributed by atoms with van der Waals surface area (Å²) >= 11 is 4.39. The zero-order valence-electron chi connectivity index (χ0n) is 10.9. The molecule has 3 nitrogen and oxygen atoms in total. The molecule has 0 unspecified atom stereocenters.